The Morgan fingerprint density at radius 3 is 2.87 bits per heavy atom. The number of carbonyl (C=O) groups is 1. The molecule has 0 radical (unpaired) electrons. The number of nitrogens with one attached hydrogen (secondary N) is 2. The maximum absolute atomic E-state index is 11.8. The van der Waals surface area contributed by atoms with Crippen molar-refractivity contribution < 1.29 is 4.79 Å². The van der Waals surface area contributed by atoms with Crippen LogP contribution < -0.4 is 5.32 Å². The van der Waals surface area contributed by atoms with E-state index in [0.717, 1.165) is 61.3 Å². The first-order chi connectivity index (χ1) is 15.1. The van der Waals surface area contributed by atoms with Crippen molar-refractivity contribution in [2.24, 2.45) is 0 Å². The lowest BCUT2D eigenvalue weighted by atomic mass is 9.70. The lowest BCUT2D eigenvalue weighted by molar-refractivity contribution is -0.0128. The third-order valence-corrected chi connectivity index (χ3v) is 6.67. The molecule has 5 rings (SSSR count). The maximum atomic E-state index is 11.8. The number of aromatic amines is 1. The Morgan fingerprint density at radius 2 is 2.13 bits per heavy atom. The van der Waals surface area contributed by atoms with Gasteiger partial charge in [-0.25, -0.2) is 14.8 Å². The minimum absolute atomic E-state index is 0.0163. The van der Waals surface area contributed by atoms with Crippen LogP contribution in [0.25, 0.3) is 22.3 Å². The van der Waals surface area contributed by atoms with Gasteiger partial charge in [-0.05, 0) is 18.9 Å². The number of nitriles is 1. The van der Waals surface area contributed by atoms with Gasteiger partial charge in [-0.1, -0.05) is 0 Å². The van der Waals surface area contributed by atoms with E-state index in [1.54, 1.807) is 13.4 Å². The number of carbonyl (C=O) groups excluding carboxylic acids is 1. The zero-order valence-electron chi connectivity index (χ0n) is 17.5. The van der Waals surface area contributed by atoms with Crippen molar-refractivity contribution in [3.05, 3.63) is 31.0 Å². The van der Waals surface area contributed by atoms with E-state index in [1.807, 2.05) is 34.2 Å². The Balaban J connectivity index is 1.31. The van der Waals surface area contributed by atoms with E-state index in [2.05, 4.69) is 36.3 Å². The predicted molar refractivity (Wildman–Crippen MR) is 114 cm³/mol. The third-order valence-electron chi connectivity index (χ3n) is 6.67. The molecule has 10 heteroatoms. The van der Waals surface area contributed by atoms with Gasteiger partial charge in [-0.15, -0.1) is 0 Å². The van der Waals surface area contributed by atoms with Crippen LogP contribution in [0.1, 0.15) is 19.3 Å². The summed E-state index contributed by atoms with van der Waals surface area (Å²) >= 11 is 0. The average molecular weight is 419 g/mol. The normalized spacial score (nSPS) is 24.0. The Kier molecular flexibility index (Phi) is 4.82. The Hall–Kier alpha value is -3.45. The van der Waals surface area contributed by atoms with Crippen molar-refractivity contribution in [3.63, 3.8) is 0 Å². The minimum atomic E-state index is -0.292. The molecule has 2 fully saturated rings. The molecule has 0 spiro atoms. The summed E-state index contributed by atoms with van der Waals surface area (Å²) in [6, 6.07) is 4.72. The van der Waals surface area contributed by atoms with Gasteiger partial charge < -0.3 is 15.2 Å². The van der Waals surface area contributed by atoms with Gasteiger partial charge >= 0.3 is 6.03 Å². The highest BCUT2D eigenvalue weighted by atomic mass is 16.2. The fourth-order valence-electron chi connectivity index (χ4n) is 4.89. The molecule has 3 aromatic heterocycles. The lowest BCUT2D eigenvalue weighted by Crippen LogP contribution is -2.61. The fourth-order valence-corrected chi connectivity index (χ4v) is 4.89. The summed E-state index contributed by atoms with van der Waals surface area (Å²) in [6.45, 7) is 3.18. The molecule has 10 nitrogen and oxygen atoms in total. The standard InChI is InChI=1S/C21H25N9O/c1-23-20(31)29-8-6-28(7-9-29)16-10-21(11-16,3-4-22)30-13-15(12-27-30)18-17-2-5-24-19(17)26-14-25-18/h2,5,12-14,16H,3,6-11H2,1H3,(H,23,31)(H,24,25,26). The van der Waals surface area contributed by atoms with Crippen LogP contribution in [0.15, 0.2) is 31.0 Å². The molecule has 2 N–H and O–H groups in total. The van der Waals surface area contributed by atoms with Crippen LogP contribution in [0.2, 0.25) is 0 Å². The van der Waals surface area contributed by atoms with E-state index in [9.17, 15) is 10.1 Å². The van der Waals surface area contributed by atoms with Crippen LogP contribution in [0.4, 0.5) is 4.79 Å². The summed E-state index contributed by atoms with van der Waals surface area (Å²) in [5, 5.41) is 17.8. The Bertz CT molecular complexity index is 1130. The number of urea groups is 1. The van der Waals surface area contributed by atoms with Crippen molar-refractivity contribution in [1.82, 2.24) is 39.8 Å². The molecular weight excluding hydrogens is 394 g/mol. The second-order valence-corrected chi connectivity index (χ2v) is 8.34. The number of aromatic nitrogens is 5. The van der Waals surface area contributed by atoms with Gasteiger partial charge in [0.15, 0.2) is 0 Å². The van der Waals surface area contributed by atoms with E-state index >= 15 is 0 Å². The molecule has 2 aliphatic rings. The number of fused-ring (bicyclic) bond motifs is 1. The van der Waals surface area contributed by atoms with Crippen LogP contribution in [0, 0.1) is 11.3 Å². The Morgan fingerprint density at radius 1 is 1.32 bits per heavy atom. The summed E-state index contributed by atoms with van der Waals surface area (Å²) in [6.07, 6.45) is 9.41. The molecule has 0 unspecified atom stereocenters. The number of amides is 2. The molecule has 1 saturated heterocycles. The highest BCUT2D eigenvalue weighted by Gasteiger charge is 2.49. The molecule has 0 atom stereocenters. The molecule has 3 aromatic rings. The largest absolute Gasteiger partial charge is 0.346 e. The first kappa shape index (κ1) is 19.5. The minimum Gasteiger partial charge on any atom is -0.346 e. The van der Waals surface area contributed by atoms with Crippen LogP contribution in [0.3, 0.4) is 0 Å². The molecule has 0 bridgehead atoms. The first-order valence-electron chi connectivity index (χ1n) is 10.5. The van der Waals surface area contributed by atoms with Crippen molar-refractivity contribution in [2.75, 3.05) is 33.2 Å². The summed E-state index contributed by atoms with van der Waals surface area (Å²) < 4.78 is 1.96. The van der Waals surface area contributed by atoms with Gasteiger partial charge in [-0.3, -0.25) is 9.58 Å². The molecule has 31 heavy (non-hydrogen) atoms. The molecule has 2 amide bonds. The van der Waals surface area contributed by atoms with Gasteiger partial charge in [0, 0.05) is 62.6 Å². The van der Waals surface area contributed by atoms with E-state index in [4.69, 9.17) is 0 Å². The van der Waals surface area contributed by atoms with Crippen LogP contribution >= 0.6 is 0 Å². The highest BCUT2D eigenvalue weighted by molar-refractivity contribution is 5.90. The van der Waals surface area contributed by atoms with Gasteiger partial charge in [0.2, 0.25) is 0 Å². The van der Waals surface area contributed by atoms with Crippen LogP contribution in [-0.2, 0) is 5.54 Å². The zero-order chi connectivity index (χ0) is 21.4. The summed E-state index contributed by atoms with van der Waals surface area (Å²) in [7, 11) is 1.66. The summed E-state index contributed by atoms with van der Waals surface area (Å²) in [5.41, 5.74) is 2.27. The lowest BCUT2D eigenvalue weighted by Gasteiger charge is -2.52. The molecule has 4 heterocycles. The van der Waals surface area contributed by atoms with Gasteiger partial charge in [0.25, 0.3) is 0 Å². The van der Waals surface area contributed by atoms with Gasteiger partial charge in [0.05, 0.1) is 29.9 Å². The van der Waals surface area contributed by atoms with Gasteiger partial charge in [-0.2, -0.15) is 10.4 Å². The van der Waals surface area contributed by atoms with E-state index in [1.165, 1.54) is 0 Å². The second-order valence-electron chi connectivity index (χ2n) is 8.34. The van der Waals surface area contributed by atoms with Crippen molar-refractivity contribution in [2.45, 2.75) is 30.8 Å². The third kappa shape index (κ3) is 3.31. The van der Waals surface area contributed by atoms with Crippen LogP contribution in [-0.4, -0.2) is 79.8 Å². The van der Waals surface area contributed by atoms with E-state index < -0.39 is 0 Å². The quantitative estimate of drug-likeness (QED) is 0.662. The number of hydrogen-bond acceptors (Lipinski definition) is 6. The van der Waals surface area contributed by atoms with E-state index in [-0.39, 0.29) is 11.6 Å². The van der Waals surface area contributed by atoms with Crippen molar-refractivity contribution in [1.29, 1.82) is 5.26 Å². The second kappa shape index (κ2) is 7.67. The summed E-state index contributed by atoms with van der Waals surface area (Å²) in [5.74, 6) is 0. The molecule has 0 aromatic carbocycles. The SMILES string of the molecule is CNC(=O)N1CCN(C2CC(CC#N)(n3cc(-c4ncnc5[nH]ccc45)cn3)C2)CC1. The number of hydrogen-bond donors (Lipinski definition) is 2. The summed E-state index contributed by atoms with van der Waals surface area (Å²) in [4.78, 5) is 27.9. The molecule has 1 aliphatic heterocycles. The topological polar surface area (TPSA) is 119 Å². The fraction of sp³-hybridized carbons (Fsp3) is 0.476. The number of nitrogens with zero attached hydrogens (tertiary/aromatic N) is 7. The van der Waals surface area contributed by atoms with Crippen molar-refractivity contribution in [3.8, 4) is 17.3 Å². The van der Waals surface area contributed by atoms with Crippen molar-refractivity contribution >= 4 is 17.1 Å². The number of piperazine rings is 1. The Labute approximate surface area is 179 Å². The number of H-pyrrole nitrogens is 1. The first-order valence-corrected chi connectivity index (χ1v) is 10.5. The smallest absolute Gasteiger partial charge is 0.317 e. The molecule has 1 aliphatic carbocycles. The van der Waals surface area contributed by atoms with Gasteiger partial charge in [0.1, 0.15) is 12.0 Å². The maximum Gasteiger partial charge on any atom is 0.317 e. The average Bonchev–Trinajstić information content (AvgIpc) is 3.45. The molecule has 160 valence electrons. The monoisotopic (exact) mass is 419 g/mol. The number of rotatable bonds is 4. The molecular formula is C21H25N9O. The molecule has 1 saturated carbocycles. The highest BCUT2D eigenvalue weighted by Crippen LogP contribution is 2.45. The van der Waals surface area contributed by atoms with E-state index in [0.29, 0.717) is 12.5 Å². The zero-order valence-corrected chi connectivity index (χ0v) is 17.5. The van der Waals surface area contributed by atoms with Crippen LogP contribution in [0.5, 0.6) is 0 Å². The predicted octanol–water partition coefficient (Wildman–Crippen LogP) is 1.55.